The molecule has 47 heavy (non-hydrogen) atoms. The van der Waals surface area contributed by atoms with Crippen molar-refractivity contribution in [2.75, 3.05) is 0 Å². The number of benzene rings is 6. The molecule has 0 radical (unpaired) electrons. The fourth-order valence-electron chi connectivity index (χ4n) is 7.60. The Bertz CT molecular complexity index is 2400. The van der Waals surface area contributed by atoms with E-state index in [0.29, 0.717) is 11.6 Å². The number of aromatic nitrogens is 2. The van der Waals surface area contributed by atoms with Gasteiger partial charge in [0.25, 0.3) is 0 Å². The molecule has 0 N–H and O–H groups in total. The van der Waals surface area contributed by atoms with Gasteiger partial charge in [0.15, 0.2) is 11.6 Å². The number of para-hydroxylation sites is 2. The van der Waals surface area contributed by atoms with Gasteiger partial charge in [0.05, 0.1) is 11.1 Å². The topological polar surface area (TPSA) is 48.2 Å². The summed E-state index contributed by atoms with van der Waals surface area (Å²) < 4.78 is 13.4. The summed E-state index contributed by atoms with van der Waals surface area (Å²) in [5, 5.41) is 1.03. The summed E-state index contributed by atoms with van der Waals surface area (Å²) in [7, 11) is 0. The van der Waals surface area contributed by atoms with E-state index in [1.54, 1.807) is 0 Å². The quantitative estimate of drug-likeness (QED) is 0.202. The van der Waals surface area contributed by atoms with Crippen molar-refractivity contribution in [2.45, 2.75) is 5.41 Å². The maximum absolute atomic E-state index is 6.92. The Hall–Kier alpha value is -6.26. The molecule has 0 atom stereocenters. The maximum Gasteiger partial charge on any atom is 0.160 e. The summed E-state index contributed by atoms with van der Waals surface area (Å²) in [6.07, 6.45) is 0. The van der Waals surface area contributed by atoms with Gasteiger partial charge < -0.3 is 9.15 Å². The Morgan fingerprint density at radius 1 is 0.468 bits per heavy atom. The zero-order chi connectivity index (χ0) is 31.0. The van der Waals surface area contributed by atoms with Gasteiger partial charge in [-0.2, -0.15) is 0 Å². The molecule has 1 spiro atoms. The van der Waals surface area contributed by atoms with Crippen LogP contribution in [-0.2, 0) is 5.41 Å². The first-order valence-electron chi connectivity index (χ1n) is 15.8. The number of hydrogen-bond acceptors (Lipinski definition) is 4. The number of ether oxygens (including phenoxy) is 1. The summed E-state index contributed by atoms with van der Waals surface area (Å²) in [6.45, 7) is 0. The first-order chi connectivity index (χ1) is 23.3. The number of rotatable bonds is 3. The van der Waals surface area contributed by atoms with Crippen LogP contribution in [0.15, 0.2) is 162 Å². The molecule has 0 saturated carbocycles. The van der Waals surface area contributed by atoms with Crippen LogP contribution in [-0.4, -0.2) is 9.97 Å². The van der Waals surface area contributed by atoms with Crippen LogP contribution >= 0.6 is 0 Å². The van der Waals surface area contributed by atoms with E-state index in [4.69, 9.17) is 19.1 Å². The third-order valence-electron chi connectivity index (χ3n) is 9.57. The second-order valence-corrected chi connectivity index (χ2v) is 12.1. The van der Waals surface area contributed by atoms with E-state index in [1.165, 1.54) is 11.1 Å². The molecule has 0 bridgehead atoms. The normalized spacial score (nSPS) is 13.4. The van der Waals surface area contributed by atoms with E-state index >= 15 is 0 Å². The molecule has 0 amide bonds. The number of hydrogen-bond donors (Lipinski definition) is 0. The summed E-state index contributed by atoms with van der Waals surface area (Å²) in [4.78, 5) is 10.0. The van der Waals surface area contributed by atoms with Crippen LogP contribution in [0.2, 0.25) is 0 Å². The molecule has 1 aliphatic heterocycles. The Morgan fingerprint density at radius 2 is 1.06 bits per heavy atom. The third-order valence-corrected chi connectivity index (χ3v) is 9.57. The lowest BCUT2D eigenvalue weighted by Crippen LogP contribution is -2.32. The van der Waals surface area contributed by atoms with Crippen LogP contribution in [0.5, 0.6) is 11.5 Å². The molecule has 6 aromatic carbocycles. The van der Waals surface area contributed by atoms with Gasteiger partial charge in [-0.1, -0.05) is 133 Å². The molecule has 4 heteroatoms. The SMILES string of the molecule is c1ccc(-c2cc(-c3cc4ccc5c(c4o3)-c3ccccc3C53c4ccccc4Oc4ccccc43)nc(-c3ccccc3)n2)cc1. The monoisotopic (exact) mass is 602 g/mol. The van der Waals surface area contributed by atoms with Crippen LogP contribution in [0.25, 0.3) is 56.2 Å². The summed E-state index contributed by atoms with van der Waals surface area (Å²) in [6, 6.07) is 54.5. The summed E-state index contributed by atoms with van der Waals surface area (Å²) in [5.74, 6) is 3.11. The summed E-state index contributed by atoms with van der Waals surface area (Å²) in [5.41, 5.74) is 10.8. The molecular formula is C43H26N2O2. The van der Waals surface area contributed by atoms with Gasteiger partial charge in [0.2, 0.25) is 0 Å². The molecule has 0 saturated heterocycles. The van der Waals surface area contributed by atoms with Crippen molar-refractivity contribution < 1.29 is 9.15 Å². The second-order valence-electron chi connectivity index (χ2n) is 12.1. The van der Waals surface area contributed by atoms with Crippen molar-refractivity contribution in [2.24, 2.45) is 0 Å². The predicted molar refractivity (Wildman–Crippen MR) is 185 cm³/mol. The van der Waals surface area contributed by atoms with Crippen molar-refractivity contribution in [3.05, 3.63) is 180 Å². The molecule has 0 fully saturated rings. The Morgan fingerprint density at radius 3 is 1.79 bits per heavy atom. The molecule has 4 nitrogen and oxygen atoms in total. The molecule has 2 aromatic heterocycles. The Balaban J connectivity index is 1.24. The largest absolute Gasteiger partial charge is 0.457 e. The molecular weight excluding hydrogens is 576 g/mol. The molecule has 10 rings (SSSR count). The van der Waals surface area contributed by atoms with Gasteiger partial charge in [-0.25, -0.2) is 9.97 Å². The Labute approximate surface area is 271 Å². The van der Waals surface area contributed by atoms with Gasteiger partial charge >= 0.3 is 0 Å². The fourth-order valence-corrected chi connectivity index (χ4v) is 7.60. The van der Waals surface area contributed by atoms with Crippen LogP contribution in [0.3, 0.4) is 0 Å². The minimum atomic E-state index is -0.547. The van der Waals surface area contributed by atoms with Gasteiger partial charge in [0.1, 0.15) is 22.8 Å². The zero-order valence-electron chi connectivity index (χ0n) is 25.2. The van der Waals surface area contributed by atoms with Gasteiger partial charge in [-0.15, -0.1) is 0 Å². The molecule has 8 aromatic rings. The summed E-state index contributed by atoms with van der Waals surface area (Å²) >= 11 is 0. The second kappa shape index (κ2) is 9.87. The van der Waals surface area contributed by atoms with Crippen LogP contribution < -0.4 is 4.74 Å². The molecule has 220 valence electrons. The molecule has 3 heterocycles. The third kappa shape index (κ3) is 3.70. The molecule has 0 unspecified atom stereocenters. The van der Waals surface area contributed by atoms with Crippen molar-refractivity contribution in [3.8, 4) is 56.7 Å². The fraction of sp³-hybridized carbons (Fsp3) is 0.0233. The first-order valence-corrected chi connectivity index (χ1v) is 15.8. The van der Waals surface area contributed by atoms with Crippen molar-refractivity contribution in [3.63, 3.8) is 0 Å². The van der Waals surface area contributed by atoms with Crippen LogP contribution in [0.4, 0.5) is 0 Å². The van der Waals surface area contributed by atoms with E-state index in [9.17, 15) is 0 Å². The van der Waals surface area contributed by atoms with Crippen molar-refractivity contribution in [1.82, 2.24) is 9.97 Å². The minimum Gasteiger partial charge on any atom is -0.457 e. The minimum absolute atomic E-state index is 0.547. The van der Waals surface area contributed by atoms with E-state index in [1.807, 2.05) is 66.7 Å². The lowest BCUT2D eigenvalue weighted by Gasteiger charge is -2.39. The molecule has 2 aliphatic rings. The smallest absolute Gasteiger partial charge is 0.160 e. The first kappa shape index (κ1) is 26.0. The van der Waals surface area contributed by atoms with Crippen molar-refractivity contribution in [1.29, 1.82) is 0 Å². The van der Waals surface area contributed by atoms with E-state index in [2.05, 4.69) is 91.0 Å². The van der Waals surface area contributed by atoms with Crippen LogP contribution in [0.1, 0.15) is 22.3 Å². The average Bonchev–Trinajstić information content (AvgIpc) is 3.71. The van der Waals surface area contributed by atoms with E-state index in [-0.39, 0.29) is 0 Å². The van der Waals surface area contributed by atoms with E-state index < -0.39 is 5.41 Å². The number of fused-ring (bicyclic) bond motifs is 11. The highest BCUT2D eigenvalue weighted by Crippen LogP contribution is 2.63. The highest BCUT2D eigenvalue weighted by Gasteiger charge is 2.51. The van der Waals surface area contributed by atoms with Gasteiger partial charge in [-0.3, -0.25) is 0 Å². The van der Waals surface area contributed by atoms with E-state index in [0.717, 1.165) is 67.2 Å². The Kier molecular flexibility index (Phi) is 5.46. The standard InChI is InChI=1S/C43H26N2O2/c1-3-13-27(14-4-1)35-26-36(45-42(44-35)28-15-5-2-6-16-28)39-25-29-23-24-34-40(41(29)47-39)30-17-7-8-18-31(30)43(34)32-19-9-11-21-37(32)46-38-22-12-10-20-33(38)43/h1-26H. The predicted octanol–water partition coefficient (Wildman–Crippen LogP) is 10.7. The molecule has 1 aliphatic carbocycles. The number of furan rings is 1. The van der Waals surface area contributed by atoms with Gasteiger partial charge in [-0.05, 0) is 41.0 Å². The zero-order valence-corrected chi connectivity index (χ0v) is 25.2. The lowest BCUT2D eigenvalue weighted by atomic mass is 9.66. The maximum atomic E-state index is 6.92. The highest BCUT2D eigenvalue weighted by atomic mass is 16.5. The van der Waals surface area contributed by atoms with Gasteiger partial charge in [0, 0.05) is 33.2 Å². The number of nitrogens with zero attached hydrogens (tertiary/aromatic N) is 2. The average molecular weight is 603 g/mol. The lowest BCUT2D eigenvalue weighted by molar-refractivity contribution is 0.436. The van der Waals surface area contributed by atoms with Crippen molar-refractivity contribution >= 4 is 11.0 Å². The van der Waals surface area contributed by atoms with Crippen LogP contribution in [0, 0.1) is 0 Å². The highest BCUT2D eigenvalue weighted by molar-refractivity contribution is 6.03.